The minimum Gasteiger partial charge on any atom is -0.395 e. The van der Waals surface area contributed by atoms with Gasteiger partial charge in [-0.3, -0.25) is 4.79 Å². The van der Waals surface area contributed by atoms with Crippen molar-refractivity contribution in [2.75, 3.05) is 19.7 Å². The summed E-state index contributed by atoms with van der Waals surface area (Å²) in [5, 5.41) is 14.3. The minimum absolute atomic E-state index is 0.0427. The fraction of sp³-hybridized carbons (Fsp3) is 0.562. The SMILES string of the molecule is CCC(C)n1ncc2c(C(=O)N(CC)CCO)cc(C)nc21. The van der Waals surface area contributed by atoms with E-state index in [9.17, 15) is 4.79 Å². The molecule has 1 amide bonds. The molecule has 0 aromatic carbocycles. The summed E-state index contributed by atoms with van der Waals surface area (Å²) in [6, 6.07) is 2.03. The molecule has 2 aromatic heterocycles. The van der Waals surface area contributed by atoms with E-state index in [1.807, 2.05) is 18.5 Å². The second-order valence-electron chi connectivity index (χ2n) is 5.50. The summed E-state index contributed by atoms with van der Waals surface area (Å²) in [5.41, 5.74) is 2.14. The fourth-order valence-electron chi connectivity index (χ4n) is 2.51. The molecule has 22 heavy (non-hydrogen) atoms. The van der Waals surface area contributed by atoms with E-state index < -0.39 is 0 Å². The molecule has 0 saturated heterocycles. The van der Waals surface area contributed by atoms with Crippen LogP contribution in [-0.2, 0) is 0 Å². The first kappa shape index (κ1) is 16.4. The quantitative estimate of drug-likeness (QED) is 0.888. The Labute approximate surface area is 130 Å². The number of fused-ring (bicyclic) bond motifs is 1. The zero-order valence-corrected chi connectivity index (χ0v) is 13.7. The van der Waals surface area contributed by atoms with Gasteiger partial charge < -0.3 is 10.0 Å². The first-order chi connectivity index (χ1) is 10.5. The van der Waals surface area contributed by atoms with Crippen molar-refractivity contribution in [3.8, 4) is 0 Å². The zero-order chi connectivity index (χ0) is 16.3. The molecule has 0 saturated carbocycles. The summed E-state index contributed by atoms with van der Waals surface area (Å²) in [6.45, 7) is 8.81. The summed E-state index contributed by atoms with van der Waals surface area (Å²) in [4.78, 5) is 18.9. The normalized spacial score (nSPS) is 12.6. The number of hydrogen-bond acceptors (Lipinski definition) is 4. The van der Waals surface area contributed by atoms with Crippen molar-refractivity contribution >= 4 is 16.9 Å². The van der Waals surface area contributed by atoms with E-state index in [0.717, 1.165) is 23.1 Å². The Morgan fingerprint density at radius 1 is 1.45 bits per heavy atom. The lowest BCUT2D eigenvalue weighted by Gasteiger charge is -2.20. The number of hydrogen-bond donors (Lipinski definition) is 1. The van der Waals surface area contributed by atoms with Crippen LogP contribution in [0.1, 0.15) is 49.3 Å². The molecule has 2 aromatic rings. The van der Waals surface area contributed by atoms with E-state index in [1.54, 1.807) is 17.2 Å². The third kappa shape index (κ3) is 2.97. The average Bonchev–Trinajstić information content (AvgIpc) is 2.93. The molecule has 2 rings (SSSR count). The van der Waals surface area contributed by atoms with Crippen molar-refractivity contribution in [2.24, 2.45) is 0 Å². The highest BCUT2D eigenvalue weighted by Gasteiger charge is 2.20. The van der Waals surface area contributed by atoms with Crippen molar-refractivity contribution in [2.45, 2.75) is 40.2 Å². The van der Waals surface area contributed by atoms with E-state index in [-0.39, 0.29) is 18.6 Å². The van der Waals surface area contributed by atoms with Gasteiger partial charge in [-0.2, -0.15) is 5.10 Å². The average molecular weight is 304 g/mol. The van der Waals surface area contributed by atoms with Gasteiger partial charge in [-0.15, -0.1) is 0 Å². The zero-order valence-electron chi connectivity index (χ0n) is 13.7. The second kappa shape index (κ2) is 6.87. The van der Waals surface area contributed by atoms with Crippen molar-refractivity contribution in [3.05, 3.63) is 23.5 Å². The van der Waals surface area contributed by atoms with Crippen LogP contribution < -0.4 is 0 Å². The molecule has 0 fully saturated rings. The summed E-state index contributed by atoms with van der Waals surface area (Å²) in [5.74, 6) is -0.0873. The van der Waals surface area contributed by atoms with Crippen LogP contribution in [0.5, 0.6) is 0 Å². The number of carbonyl (C=O) groups is 1. The van der Waals surface area contributed by atoms with Gasteiger partial charge >= 0.3 is 0 Å². The Bertz CT molecular complexity index is 665. The molecule has 1 atom stereocenters. The molecule has 0 bridgehead atoms. The van der Waals surface area contributed by atoms with E-state index in [0.29, 0.717) is 18.7 Å². The van der Waals surface area contributed by atoms with Gasteiger partial charge in [-0.25, -0.2) is 9.67 Å². The van der Waals surface area contributed by atoms with Gasteiger partial charge in [0.05, 0.1) is 29.8 Å². The van der Waals surface area contributed by atoms with Crippen LogP contribution in [0.15, 0.2) is 12.3 Å². The summed E-state index contributed by atoms with van der Waals surface area (Å²) in [7, 11) is 0. The Morgan fingerprint density at radius 3 is 2.77 bits per heavy atom. The molecule has 2 heterocycles. The summed E-state index contributed by atoms with van der Waals surface area (Å²) >= 11 is 0. The smallest absolute Gasteiger partial charge is 0.254 e. The number of amides is 1. The largest absolute Gasteiger partial charge is 0.395 e. The predicted octanol–water partition coefficient (Wildman–Crippen LogP) is 2.17. The fourth-order valence-corrected chi connectivity index (χ4v) is 2.51. The summed E-state index contributed by atoms with van der Waals surface area (Å²) in [6.07, 6.45) is 2.66. The third-order valence-corrected chi connectivity index (χ3v) is 3.97. The first-order valence-corrected chi connectivity index (χ1v) is 7.78. The Balaban J connectivity index is 2.55. The van der Waals surface area contributed by atoms with Crippen LogP contribution in [0, 0.1) is 6.92 Å². The number of aliphatic hydroxyl groups excluding tert-OH is 1. The molecule has 120 valence electrons. The number of rotatable bonds is 6. The topological polar surface area (TPSA) is 71.2 Å². The molecule has 0 radical (unpaired) electrons. The van der Waals surface area contributed by atoms with Gasteiger partial charge in [-0.05, 0) is 33.3 Å². The monoisotopic (exact) mass is 304 g/mol. The van der Waals surface area contributed by atoms with Crippen LogP contribution in [0.4, 0.5) is 0 Å². The maximum Gasteiger partial charge on any atom is 0.254 e. The van der Waals surface area contributed by atoms with Crippen LogP contribution >= 0.6 is 0 Å². The van der Waals surface area contributed by atoms with Gasteiger partial charge in [0.1, 0.15) is 0 Å². The lowest BCUT2D eigenvalue weighted by atomic mass is 10.1. The number of aliphatic hydroxyl groups is 1. The molecular weight excluding hydrogens is 280 g/mol. The van der Waals surface area contributed by atoms with Crippen molar-refractivity contribution in [1.82, 2.24) is 19.7 Å². The highest BCUT2D eigenvalue weighted by atomic mass is 16.3. The number of carbonyl (C=O) groups excluding carboxylic acids is 1. The number of aryl methyl sites for hydroxylation is 1. The molecule has 1 N–H and O–H groups in total. The Hall–Kier alpha value is -1.95. The molecule has 1 unspecified atom stereocenters. The maximum atomic E-state index is 12.7. The lowest BCUT2D eigenvalue weighted by Crippen LogP contribution is -2.33. The predicted molar refractivity (Wildman–Crippen MR) is 85.9 cm³/mol. The molecule has 6 nitrogen and oxygen atoms in total. The molecular formula is C16H24N4O2. The Morgan fingerprint density at radius 2 is 2.18 bits per heavy atom. The summed E-state index contributed by atoms with van der Waals surface area (Å²) < 4.78 is 1.88. The Kier molecular flexibility index (Phi) is 5.13. The van der Waals surface area contributed by atoms with E-state index >= 15 is 0 Å². The van der Waals surface area contributed by atoms with E-state index in [1.165, 1.54) is 0 Å². The van der Waals surface area contributed by atoms with Gasteiger partial charge in [0.15, 0.2) is 5.65 Å². The van der Waals surface area contributed by atoms with Gasteiger partial charge in [0.2, 0.25) is 0 Å². The van der Waals surface area contributed by atoms with E-state index in [2.05, 4.69) is 23.9 Å². The van der Waals surface area contributed by atoms with Crippen molar-refractivity contribution < 1.29 is 9.90 Å². The highest BCUT2D eigenvalue weighted by Crippen LogP contribution is 2.23. The van der Waals surface area contributed by atoms with E-state index in [4.69, 9.17) is 5.11 Å². The van der Waals surface area contributed by atoms with Crippen LogP contribution in [0.3, 0.4) is 0 Å². The highest BCUT2D eigenvalue weighted by molar-refractivity contribution is 6.05. The molecule has 0 aliphatic heterocycles. The number of nitrogens with zero attached hydrogens (tertiary/aromatic N) is 4. The molecule has 0 spiro atoms. The molecule has 0 aliphatic rings. The van der Waals surface area contributed by atoms with Gasteiger partial charge in [-0.1, -0.05) is 6.92 Å². The minimum atomic E-state index is -0.0873. The maximum absolute atomic E-state index is 12.7. The van der Waals surface area contributed by atoms with Crippen LogP contribution in [0.2, 0.25) is 0 Å². The first-order valence-electron chi connectivity index (χ1n) is 7.78. The van der Waals surface area contributed by atoms with Crippen molar-refractivity contribution in [3.63, 3.8) is 0 Å². The lowest BCUT2D eigenvalue weighted by molar-refractivity contribution is 0.0734. The third-order valence-electron chi connectivity index (χ3n) is 3.97. The second-order valence-corrected chi connectivity index (χ2v) is 5.50. The van der Waals surface area contributed by atoms with Crippen LogP contribution in [-0.4, -0.2) is 50.4 Å². The standard InChI is InChI=1S/C16H24N4O2/c1-5-12(4)20-15-14(10-17-20)13(9-11(3)18-15)16(22)19(6-2)7-8-21/h9-10,12,21H,5-8H2,1-4H3. The van der Waals surface area contributed by atoms with Gasteiger partial charge in [0, 0.05) is 18.8 Å². The molecule has 0 aliphatic carbocycles. The number of aromatic nitrogens is 3. The van der Waals surface area contributed by atoms with Crippen molar-refractivity contribution in [1.29, 1.82) is 0 Å². The number of likely N-dealkylation sites (N-methyl/N-ethyl adjacent to an activating group) is 1. The van der Waals surface area contributed by atoms with Gasteiger partial charge in [0.25, 0.3) is 5.91 Å². The number of pyridine rings is 1. The molecule has 6 heteroatoms. The van der Waals surface area contributed by atoms with Crippen LogP contribution in [0.25, 0.3) is 11.0 Å².